The summed E-state index contributed by atoms with van der Waals surface area (Å²) in [6.45, 7) is 2.12. The maximum Gasteiger partial charge on any atom is 0.123 e. The predicted octanol–water partition coefficient (Wildman–Crippen LogP) is 3.44. The van der Waals surface area contributed by atoms with Crippen LogP contribution in [0.4, 0.5) is 4.39 Å². The van der Waals surface area contributed by atoms with Gasteiger partial charge in [-0.15, -0.1) is 12.4 Å². The van der Waals surface area contributed by atoms with Crippen LogP contribution < -0.4 is 5.73 Å². The molecule has 1 aromatic carbocycles. The molecule has 1 atom stereocenters. The first-order chi connectivity index (χ1) is 6.24. The monoisotopic (exact) mass is 217 g/mol. The van der Waals surface area contributed by atoms with Gasteiger partial charge in [0.2, 0.25) is 0 Å². The molecule has 0 heterocycles. The molecule has 1 nitrogen and oxygen atoms in total. The lowest BCUT2D eigenvalue weighted by Gasteiger charge is -2.10. The van der Waals surface area contributed by atoms with Gasteiger partial charge in [0.1, 0.15) is 5.82 Å². The Bertz CT molecular complexity index is 265. The van der Waals surface area contributed by atoms with E-state index in [2.05, 4.69) is 6.92 Å². The van der Waals surface area contributed by atoms with Gasteiger partial charge in [-0.05, 0) is 24.1 Å². The zero-order chi connectivity index (χ0) is 9.68. The molecule has 0 aromatic heterocycles. The lowest BCUT2D eigenvalue weighted by atomic mass is 10.0. The first-order valence-electron chi connectivity index (χ1n) is 4.75. The van der Waals surface area contributed by atoms with E-state index in [0.29, 0.717) is 0 Å². The fourth-order valence-corrected chi connectivity index (χ4v) is 1.33. The minimum atomic E-state index is -0.204. The summed E-state index contributed by atoms with van der Waals surface area (Å²) in [6, 6.07) is 6.52. The van der Waals surface area contributed by atoms with Gasteiger partial charge in [0.15, 0.2) is 0 Å². The molecule has 80 valence electrons. The van der Waals surface area contributed by atoms with Crippen LogP contribution in [0.15, 0.2) is 24.3 Å². The van der Waals surface area contributed by atoms with Crippen LogP contribution in [0, 0.1) is 5.82 Å². The summed E-state index contributed by atoms with van der Waals surface area (Å²) in [5.41, 5.74) is 6.78. The Hall–Kier alpha value is -0.600. The molecular formula is C11H17ClFN. The normalized spacial score (nSPS) is 11.9. The third-order valence-corrected chi connectivity index (χ3v) is 2.15. The zero-order valence-electron chi connectivity index (χ0n) is 8.37. The molecule has 0 radical (unpaired) electrons. The van der Waals surface area contributed by atoms with Gasteiger partial charge in [-0.1, -0.05) is 31.9 Å². The Morgan fingerprint density at radius 3 is 2.71 bits per heavy atom. The van der Waals surface area contributed by atoms with E-state index in [4.69, 9.17) is 5.73 Å². The standard InChI is InChI=1S/C11H16FN.ClH/c1-2-3-7-11(13)9-5-4-6-10(12)8-9;/h4-6,8,11H,2-3,7,13H2,1H3;1H/t11-;/m1./s1. The van der Waals surface area contributed by atoms with Gasteiger partial charge in [0.05, 0.1) is 0 Å². The van der Waals surface area contributed by atoms with Crippen molar-refractivity contribution in [3.05, 3.63) is 35.6 Å². The SMILES string of the molecule is CCCC[C@@H](N)c1cccc(F)c1.Cl. The Labute approximate surface area is 90.9 Å². The van der Waals surface area contributed by atoms with Crippen LogP contribution in [-0.2, 0) is 0 Å². The molecular weight excluding hydrogens is 201 g/mol. The van der Waals surface area contributed by atoms with E-state index in [1.807, 2.05) is 6.07 Å². The summed E-state index contributed by atoms with van der Waals surface area (Å²) in [6.07, 6.45) is 3.15. The number of hydrogen-bond donors (Lipinski definition) is 1. The van der Waals surface area contributed by atoms with E-state index in [0.717, 1.165) is 24.8 Å². The van der Waals surface area contributed by atoms with Crippen LogP contribution >= 0.6 is 12.4 Å². The van der Waals surface area contributed by atoms with Crippen LogP contribution in [-0.4, -0.2) is 0 Å². The maximum atomic E-state index is 12.8. The zero-order valence-corrected chi connectivity index (χ0v) is 9.19. The van der Waals surface area contributed by atoms with Crippen molar-refractivity contribution in [1.82, 2.24) is 0 Å². The van der Waals surface area contributed by atoms with Crippen LogP contribution in [0.5, 0.6) is 0 Å². The summed E-state index contributed by atoms with van der Waals surface area (Å²) >= 11 is 0. The number of hydrogen-bond acceptors (Lipinski definition) is 1. The van der Waals surface area contributed by atoms with Crippen molar-refractivity contribution in [2.75, 3.05) is 0 Å². The molecule has 0 bridgehead atoms. The quantitative estimate of drug-likeness (QED) is 0.822. The molecule has 0 unspecified atom stereocenters. The lowest BCUT2D eigenvalue weighted by Crippen LogP contribution is -2.09. The van der Waals surface area contributed by atoms with Crippen molar-refractivity contribution >= 4 is 12.4 Å². The highest BCUT2D eigenvalue weighted by Gasteiger charge is 2.05. The van der Waals surface area contributed by atoms with Gasteiger partial charge < -0.3 is 5.73 Å². The fourth-order valence-electron chi connectivity index (χ4n) is 1.33. The predicted molar refractivity (Wildman–Crippen MR) is 60.1 cm³/mol. The van der Waals surface area contributed by atoms with Crippen molar-refractivity contribution in [2.45, 2.75) is 32.2 Å². The van der Waals surface area contributed by atoms with Crippen molar-refractivity contribution in [2.24, 2.45) is 5.73 Å². The molecule has 0 fully saturated rings. The number of nitrogens with two attached hydrogens (primary N) is 1. The van der Waals surface area contributed by atoms with Crippen LogP contribution in [0.25, 0.3) is 0 Å². The van der Waals surface area contributed by atoms with Crippen LogP contribution in [0.2, 0.25) is 0 Å². The van der Waals surface area contributed by atoms with E-state index < -0.39 is 0 Å². The van der Waals surface area contributed by atoms with Crippen molar-refractivity contribution in [1.29, 1.82) is 0 Å². The molecule has 3 heteroatoms. The van der Waals surface area contributed by atoms with Gasteiger partial charge in [0, 0.05) is 6.04 Å². The molecule has 0 saturated carbocycles. The third kappa shape index (κ3) is 4.07. The van der Waals surface area contributed by atoms with Gasteiger partial charge in [-0.2, -0.15) is 0 Å². The molecule has 14 heavy (non-hydrogen) atoms. The summed E-state index contributed by atoms with van der Waals surface area (Å²) in [5.74, 6) is -0.204. The van der Waals surface area contributed by atoms with E-state index in [1.54, 1.807) is 6.07 Å². The number of rotatable bonds is 4. The summed E-state index contributed by atoms with van der Waals surface area (Å²) in [7, 11) is 0. The molecule has 0 aliphatic rings. The van der Waals surface area contributed by atoms with Gasteiger partial charge in [-0.25, -0.2) is 4.39 Å². The summed E-state index contributed by atoms with van der Waals surface area (Å²) in [5, 5.41) is 0. The first kappa shape index (κ1) is 13.4. The highest BCUT2D eigenvalue weighted by molar-refractivity contribution is 5.85. The van der Waals surface area contributed by atoms with Crippen molar-refractivity contribution in [3.8, 4) is 0 Å². The lowest BCUT2D eigenvalue weighted by molar-refractivity contribution is 0.588. The summed E-state index contributed by atoms with van der Waals surface area (Å²) < 4.78 is 12.8. The van der Waals surface area contributed by atoms with Gasteiger partial charge in [-0.3, -0.25) is 0 Å². The molecule has 0 saturated heterocycles. The van der Waals surface area contributed by atoms with Gasteiger partial charge >= 0.3 is 0 Å². The first-order valence-corrected chi connectivity index (χ1v) is 4.75. The molecule has 0 amide bonds. The van der Waals surface area contributed by atoms with Gasteiger partial charge in [0.25, 0.3) is 0 Å². The van der Waals surface area contributed by atoms with Crippen LogP contribution in [0.1, 0.15) is 37.8 Å². The second-order valence-corrected chi connectivity index (χ2v) is 3.30. The molecule has 0 spiro atoms. The Balaban J connectivity index is 0.00000169. The second-order valence-electron chi connectivity index (χ2n) is 3.30. The molecule has 0 aliphatic heterocycles. The molecule has 0 aliphatic carbocycles. The Morgan fingerprint density at radius 1 is 1.43 bits per heavy atom. The minimum Gasteiger partial charge on any atom is -0.324 e. The topological polar surface area (TPSA) is 26.0 Å². The van der Waals surface area contributed by atoms with E-state index in [1.165, 1.54) is 12.1 Å². The van der Waals surface area contributed by atoms with E-state index in [9.17, 15) is 4.39 Å². The van der Waals surface area contributed by atoms with E-state index >= 15 is 0 Å². The molecule has 1 rings (SSSR count). The second kappa shape index (κ2) is 6.80. The highest BCUT2D eigenvalue weighted by Crippen LogP contribution is 2.17. The summed E-state index contributed by atoms with van der Waals surface area (Å²) in [4.78, 5) is 0. The van der Waals surface area contributed by atoms with E-state index in [-0.39, 0.29) is 24.3 Å². The smallest absolute Gasteiger partial charge is 0.123 e. The van der Waals surface area contributed by atoms with Crippen molar-refractivity contribution < 1.29 is 4.39 Å². The number of benzene rings is 1. The maximum absolute atomic E-state index is 12.8. The largest absolute Gasteiger partial charge is 0.324 e. The minimum absolute atomic E-state index is 0. The highest BCUT2D eigenvalue weighted by atomic mass is 35.5. The molecule has 1 aromatic rings. The number of halogens is 2. The third-order valence-electron chi connectivity index (χ3n) is 2.15. The van der Waals surface area contributed by atoms with Crippen LogP contribution in [0.3, 0.4) is 0 Å². The Kier molecular flexibility index (Phi) is 6.50. The molecule has 2 N–H and O–H groups in total. The fraction of sp³-hybridized carbons (Fsp3) is 0.455. The average Bonchev–Trinajstić information content (AvgIpc) is 2.14. The van der Waals surface area contributed by atoms with Crippen molar-refractivity contribution in [3.63, 3.8) is 0 Å². The Morgan fingerprint density at radius 2 is 2.14 bits per heavy atom. The average molecular weight is 218 g/mol. The number of unbranched alkanes of at least 4 members (excludes halogenated alkanes) is 1.